The summed E-state index contributed by atoms with van der Waals surface area (Å²) in [5.74, 6) is -11.0. The van der Waals surface area contributed by atoms with Gasteiger partial charge in [0.1, 0.15) is 0 Å². The van der Waals surface area contributed by atoms with Crippen molar-refractivity contribution < 1.29 is 94.0 Å². The lowest BCUT2D eigenvalue weighted by molar-refractivity contribution is -0.421. The molecule has 0 saturated heterocycles. The van der Waals surface area contributed by atoms with Crippen molar-refractivity contribution in [1.82, 2.24) is 0 Å². The zero-order chi connectivity index (χ0) is 38.8. The molecule has 1 aromatic rings. The van der Waals surface area contributed by atoms with E-state index in [9.17, 15) is 89.2 Å². The fourth-order valence-electron chi connectivity index (χ4n) is 6.24. The molecule has 1 fully saturated rings. The molecule has 0 heterocycles. The van der Waals surface area contributed by atoms with Crippen LogP contribution in [0.4, 0.5) is 79.0 Å². The summed E-state index contributed by atoms with van der Waals surface area (Å²) in [6, 6.07) is 2.23. The number of aliphatic hydroxyl groups is 2. The minimum Gasteiger partial charge on any atom is -0.373 e. The molecule has 3 atom stereocenters. The van der Waals surface area contributed by atoms with Crippen LogP contribution in [0.15, 0.2) is 24.3 Å². The first kappa shape index (κ1) is 43.0. The van der Waals surface area contributed by atoms with E-state index in [0.29, 0.717) is 18.6 Å². The van der Waals surface area contributed by atoms with Gasteiger partial charge in [-0.25, -0.2) is 0 Å². The van der Waals surface area contributed by atoms with Crippen molar-refractivity contribution in [2.75, 3.05) is 0 Å². The quantitative estimate of drug-likeness (QED) is 0.260. The summed E-state index contributed by atoms with van der Waals surface area (Å²) in [7, 11) is 0. The van der Waals surface area contributed by atoms with Crippen molar-refractivity contribution in [2.45, 2.75) is 119 Å². The number of hydrogen-bond acceptors (Lipinski definition) is 3. The van der Waals surface area contributed by atoms with Crippen LogP contribution in [0.3, 0.4) is 0 Å². The van der Waals surface area contributed by atoms with E-state index in [1.807, 2.05) is 0 Å². The van der Waals surface area contributed by atoms with Crippen molar-refractivity contribution in [3.63, 3.8) is 0 Å². The Balaban J connectivity index is 2.94. The zero-order valence-corrected chi connectivity index (χ0v) is 25.6. The SMILES string of the molecule is CCC(C)c1ccc(C(OC(C)(C)C2CC(C(O)(C(F)(F)F)C(F)(F)F)CC(C(O)(C(F)(F)F)C(F)(F)F)C2)(C(F)(F)F)C(F)(F)F)cc1. The zero-order valence-electron chi connectivity index (χ0n) is 25.6. The van der Waals surface area contributed by atoms with E-state index in [4.69, 9.17) is 0 Å². The van der Waals surface area contributed by atoms with Crippen LogP contribution in [0.25, 0.3) is 0 Å². The van der Waals surface area contributed by atoms with Crippen LogP contribution in [0, 0.1) is 17.8 Å². The van der Waals surface area contributed by atoms with Crippen LogP contribution in [-0.4, -0.2) is 64.1 Å². The van der Waals surface area contributed by atoms with Crippen LogP contribution < -0.4 is 0 Å². The number of hydrogen-bond donors (Lipinski definition) is 2. The molecule has 2 N–H and O–H groups in total. The summed E-state index contributed by atoms with van der Waals surface area (Å²) < 4.78 is 258. The Morgan fingerprint density at radius 3 is 1.14 bits per heavy atom. The number of ether oxygens (including phenoxy) is 1. The Morgan fingerprint density at radius 1 is 0.571 bits per heavy atom. The molecule has 0 amide bonds. The van der Waals surface area contributed by atoms with Crippen LogP contribution in [-0.2, 0) is 10.3 Å². The van der Waals surface area contributed by atoms with Gasteiger partial charge in [0, 0.05) is 17.4 Å². The van der Waals surface area contributed by atoms with Crippen molar-refractivity contribution in [3.05, 3.63) is 35.4 Å². The van der Waals surface area contributed by atoms with Gasteiger partial charge in [0.05, 0.1) is 5.60 Å². The lowest BCUT2D eigenvalue weighted by atomic mass is 9.60. The fraction of sp³-hybridized carbons (Fsp3) is 0.786. The maximum atomic E-state index is 14.6. The number of alkyl halides is 18. The van der Waals surface area contributed by atoms with E-state index in [1.54, 1.807) is 6.92 Å². The Morgan fingerprint density at radius 2 is 0.878 bits per heavy atom. The summed E-state index contributed by atoms with van der Waals surface area (Å²) in [4.78, 5) is 0. The second-order valence-electron chi connectivity index (χ2n) is 12.6. The van der Waals surface area contributed by atoms with Gasteiger partial charge in [0.2, 0.25) is 0 Å². The number of rotatable bonds is 8. The molecule has 3 unspecified atom stereocenters. The maximum absolute atomic E-state index is 14.6. The highest BCUT2D eigenvalue weighted by Crippen LogP contribution is 2.62. The second-order valence-corrected chi connectivity index (χ2v) is 12.6. The summed E-state index contributed by atoms with van der Waals surface area (Å²) in [5.41, 5.74) is -22.8. The maximum Gasteiger partial charge on any atom is 0.430 e. The summed E-state index contributed by atoms with van der Waals surface area (Å²) >= 11 is 0. The first-order valence-corrected chi connectivity index (χ1v) is 14.1. The monoisotopic (exact) mass is 756 g/mol. The first-order valence-electron chi connectivity index (χ1n) is 14.1. The lowest BCUT2D eigenvalue weighted by Gasteiger charge is -2.53. The third-order valence-electron chi connectivity index (χ3n) is 9.31. The molecular formula is C28H30F18O3. The van der Waals surface area contributed by atoms with E-state index in [1.165, 1.54) is 6.92 Å². The van der Waals surface area contributed by atoms with Gasteiger partial charge >= 0.3 is 37.1 Å². The highest BCUT2D eigenvalue weighted by Gasteiger charge is 2.80. The Kier molecular flexibility index (Phi) is 11.2. The van der Waals surface area contributed by atoms with E-state index in [-0.39, 0.29) is 19.4 Å². The Labute approximate surface area is 266 Å². The molecule has 1 aliphatic carbocycles. The molecule has 2 rings (SSSR count). The third kappa shape index (κ3) is 7.30. The minimum absolute atomic E-state index is 0.178. The van der Waals surface area contributed by atoms with Crippen LogP contribution in [0.2, 0.25) is 0 Å². The predicted molar refractivity (Wildman–Crippen MR) is 133 cm³/mol. The van der Waals surface area contributed by atoms with E-state index >= 15 is 0 Å². The molecule has 1 aliphatic rings. The van der Waals surface area contributed by atoms with Crippen molar-refractivity contribution in [3.8, 4) is 0 Å². The highest BCUT2D eigenvalue weighted by molar-refractivity contribution is 5.32. The van der Waals surface area contributed by atoms with Gasteiger partial charge < -0.3 is 14.9 Å². The fourth-order valence-corrected chi connectivity index (χ4v) is 6.24. The van der Waals surface area contributed by atoms with E-state index < -0.39 is 108 Å². The molecule has 0 radical (unpaired) electrons. The number of halogens is 18. The van der Waals surface area contributed by atoms with Gasteiger partial charge in [-0.1, -0.05) is 38.1 Å². The van der Waals surface area contributed by atoms with Crippen molar-refractivity contribution >= 4 is 0 Å². The molecule has 0 bridgehead atoms. The molecule has 0 aromatic heterocycles. The topological polar surface area (TPSA) is 49.7 Å². The van der Waals surface area contributed by atoms with E-state index in [2.05, 4.69) is 4.74 Å². The van der Waals surface area contributed by atoms with Gasteiger partial charge in [-0.15, -0.1) is 0 Å². The summed E-state index contributed by atoms with van der Waals surface area (Å²) in [6.45, 7) is 3.51. The van der Waals surface area contributed by atoms with Crippen LogP contribution in [0.5, 0.6) is 0 Å². The predicted octanol–water partition coefficient (Wildman–Crippen LogP) is 10.1. The minimum atomic E-state index is -6.92. The van der Waals surface area contributed by atoms with Crippen molar-refractivity contribution in [1.29, 1.82) is 0 Å². The summed E-state index contributed by atoms with van der Waals surface area (Å²) in [5, 5.41) is 19.9. The molecule has 21 heteroatoms. The Hall–Kier alpha value is -2.16. The molecule has 1 aromatic carbocycles. The molecule has 1 saturated carbocycles. The number of benzene rings is 1. The third-order valence-corrected chi connectivity index (χ3v) is 9.31. The second kappa shape index (κ2) is 12.8. The Bertz CT molecular complexity index is 1180. The van der Waals surface area contributed by atoms with Gasteiger partial charge in [-0.3, -0.25) is 0 Å². The molecule has 49 heavy (non-hydrogen) atoms. The molecule has 3 nitrogen and oxygen atoms in total. The van der Waals surface area contributed by atoms with Crippen LogP contribution >= 0.6 is 0 Å². The smallest absolute Gasteiger partial charge is 0.373 e. The molecular weight excluding hydrogens is 726 g/mol. The van der Waals surface area contributed by atoms with Gasteiger partial charge in [0.15, 0.2) is 0 Å². The van der Waals surface area contributed by atoms with Gasteiger partial charge in [0.25, 0.3) is 16.8 Å². The summed E-state index contributed by atoms with van der Waals surface area (Å²) in [6.07, 6.45) is -47.1. The molecule has 0 aliphatic heterocycles. The van der Waals surface area contributed by atoms with Gasteiger partial charge in [-0.2, -0.15) is 79.0 Å². The van der Waals surface area contributed by atoms with Crippen molar-refractivity contribution in [2.24, 2.45) is 17.8 Å². The first-order chi connectivity index (χ1) is 21.5. The average molecular weight is 757 g/mol. The normalized spacial score (nSPS) is 22.3. The largest absolute Gasteiger partial charge is 0.430 e. The average Bonchev–Trinajstić information content (AvgIpc) is 2.90. The van der Waals surface area contributed by atoms with Gasteiger partial charge in [-0.05, 0) is 56.9 Å². The molecule has 286 valence electrons. The highest BCUT2D eigenvalue weighted by atomic mass is 19.4. The van der Waals surface area contributed by atoms with Crippen LogP contribution in [0.1, 0.15) is 70.4 Å². The molecule has 0 spiro atoms. The van der Waals surface area contributed by atoms with E-state index in [0.717, 1.165) is 12.1 Å². The lowest BCUT2D eigenvalue weighted by Crippen LogP contribution is -2.68. The standard InChI is InChI=1S/C28H30F18O3/c1-5-13(2)14-6-8-15(9-7-14)22(27(41,42)43,28(44,45)46)49-19(3,4)16-10-17(20(47,23(29,30)31)24(32,33)34)12-18(11-16)21(48,25(35,36)37)26(38,39)40/h6-9,13,16-18,47-48H,5,10-12H2,1-4H3.